The molecule has 5 nitrogen and oxygen atoms in total. The van der Waals surface area contributed by atoms with Crippen LogP contribution in [0.5, 0.6) is 0 Å². The number of nitrogens with zero attached hydrogens (tertiary/aromatic N) is 2. The molecule has 0 aromatic heterocycles. The molecule has 0 bridgehead atoms. The third-order valence-corrected chi connectivity index (χ3v) is 3.75. The van der Waals surface area contributed by atoms with E-state index in [-0.39, 0.29) is 16.7 Å². The van der Waals surface area contributed by atoms with Crippen LogP contribution >= 0.6 is 0 Å². The lowest BCUT2D eigenvalue weighted by Gasteiger charge is -2.34. The molecule has 0 saturated carbocycles. The van der Waals surface area contributed by atoms with Gasteiger partial charge in [0.25, 0.3) is 5.69 Å². The van der Waals surface area contributed by atoms with Crippen LogP contribution in [0.15, 0.2) is 24.3 Å². The van der Waals surface area contributed by atoms with Crippen LogP contribution in [0.3, 0.4) is 0 Å². The summed E-state index contributed by atoms with van der Waals surface area (Å²) in [5.74, 6) is 0.312. The summed E-state index contributed by atoms with van der Waals surface area (Å²) < 4.78 is 0. The highest BCUT2D eigenvalue weighted by Crippen LogP contribution is 2.22. The first-order chi connectivity index (χ1) is 9.06. The third kappa shape index (κ3) is 3.75. The number of hydrogen-bond acceptors (Lipinski definition) is 4. The Labute approximate surface area is 113 Å². The van der Waals surface area contributed by atoms with E-state index in [1.807, 2.05) is 13.0 Å². The molecule has 2 rings (SSSR count). The van der Waals surface area contributed by atoms with Gasteiger partial charge in [-0.25, -0.2) is 0 Å². The highest BCUT2D eigenvalue weighted by molar-refractivity contribution is 5.34. The first-order valence-corrected chi connectivity index (χ1v) is 6.70. The predicted molar refractivity (Wildman–Crippen MR) is 72.8 cm³/mol. The van der Waals surface area contributed by atoms with E-state index >= 15 is 0 Å². The van der Waals surface area contributed by atoms with E-state index in [0.29, 0.717) is 12.5 Å². The van der Waals surface area contributed by atoms with Gasteiger partial charge in [-0.2, -0.15) is 0 Å². The number of likely N-dealkylation sites (tertiary alicyclic amines) is 1. The smallest absolute Gasteiger partial charge is 0.269 e. The lowest BCUT2D eigenvalue weighted by atomic mass is 9.93. The predicted octanol–water partition coefficient (Wildman–Crippen LogP) is 2.19. The van der Waals surface area contributed by atoms with Crippen molar-refractivity contribution in [2.24, 2.45) is 5.92 Å². The molecule has 1 aromatic rings. The van der Waals surface area contributed by atoms with Gasteiger partial charge in [0, 0.05) is 25.2 Å². The summed E-state index contributed by atoms with van der Waals surface area (Å²) >= 11 is 0. The minimum Gasteiger partial charge on any atom is -0.393 e. The molecule has 1 N–H and O–H groups in total. The van der Waals surface area contributed by atoms with Crippen LogP contribution in [0.2, 0.25) is 0 Å². The van der Waals surface area contributed by atoms with Gasteiger partial charge in [0.05, 0.1) is 11.0 Å². The maximum Gasteiger partial charge on any atom is 0.269 e. The van der Waals surface area contributed by atoms with E-state index in [4.69, 9.17) is 0 Å². The SMILES string of the molecule is C[C@H](O)[C@@H]1CCCN(Cc2cccc([N+](=O)[O-])c2)C1. The summed E-state index contributed by atoms with van der Waals surface area (Å²) in [5.41, 5.74) is 1.10. The number of nitro groups is 1. The van der Waals surface area contributed by atoms with Crippen LogP contribution < -0.4 is 0 Å². The molecule has 2 atom stereocenters. The number of hydrogen-bond donors (Lipinski definition) is 1. The summed E-state index contributed by atoms with van der Waals surface area (Å²) in [6, 6.07) is 6.78. The second-order valence-electron chi connectivity index (χ2n) is 5.31. The van der Waals surface area contributed by atoms with E-state index in [0.717, 1.165) is 31.5 Å². The molecule has 0 aliphatic carbocycles. The fourth-order valence-corrected chi connectivity index (χ4v) is 2.66. The normalized spacial score (nSPS) is 22.1. The number of nitro benzene ring substituents is 1. The zero-order valence-corrected chi connectivity index (χ0v) is 11.2. The van der Waals surface area contributed by atoms with Crippen molar-refractivity contribution in [3.8, 4) is 0 Å². The summed E-state index contributed by atoms with van der Waals surface area (Å²) in [4.78, 5) is 12.6. The highest BCUT2D eigenvalue weighted by atomic mass is 16.6. The van der Waals surface area contributed by atoms with E-state index in [9.17, 15) is 15.2 Å². The fraction of sp³-hybridized carbons (Fsp3) is 0.571. The number of aliphatic hydroxyl groups is 1. The van der Waals surface area contributed by atoms with Crippen molar-refractivity contribution < 1.29 is 10.0 Å². The van der Waals surface area contributed by atoms with Crippen molar-refractivity contribution >= 4 is 5.69 Å². The average molecular weight is 264 g/mol. The maximum atomic E-state index is 10.7. The molecular formula is C14H20N2O3. The van der Waals surface area contributed by atoms with Crippen molar-refractivity contribution in [2.75, 3.05) is 13.1 Å². The number of non-ortho nitro benzene ring substituents is 1. The van der Waals surface area contributed by atoms with Gasteiger partial charge in [0.15, 0.2) is 0 Å². The Hall–Kier alpha value is -1.46. The van der Waals surface area contributed by atoms with Crippen molar-refractivity contribution in [1.29, 1.82) is 0 Å². The quantitative estimate of drug-likeness (QED) is 0.668. The zero-order valence-electron chi connectivity index (χ0n) is 11.2. The van der Waals surface area contributed by atoms with Crippen molar-refractivity contribution in [3.63, 3.8) is 0 Å². The molecule has 1 aliphatic rings. The van der Waals surface area contributed by atoms with Crippen molar-refractivity contribution in [1.82, 2.24) is 4.90 Å². The van der Waals surface area contributed by atoms with E-state index < -0.39 is 0 Å². The topological polar surface area (TPSA) is 66.6 Å². The molecule has 0 amide bonds. The largest absolute Gasteiger partial charge is 0.393 e. The van der Waals surface area contributed by atoms with Gasteiger partial charge in [0.2, 0.25) is 0 Å². The van der Waals surface area contributed by atoms with Crippen molar-refractivity contribution in [3.05, 3.63) is 39.9 Å². The standard InChI is InChI=1S/C14H20N2O3/c1-11(17)13-5-3-7-15(10-13)9-12-4-2-6-14(8-12)16(18)19/h2,4,6,8,11,13,17H,3,5,7,9-10H2,1H3/t11-,13+/m0/s1. The van der Waals surface area contributed by atoms with E-state index in [2.05, 4.69) is 4.90 Å². The van der Waals surface area contributed by atoms with Gasteiger partial charge in [-0.05, 0) is 37.8 Å². The lowest BCUT2D eigenvalue weighted by Crippen LogP contribution is -2.39. The second-order valence-corrected chi connectivity index (χ2v) is 5.31. The summed E-state index contributed by atoms with van der Waals surface area (Å²) in [7, 11) is 0. The van der Waals surface area contributed by atoms with Gasteiger partial charge in [0.1, 0.15) is 0 Å². The molecular weight excluding hydrogens is 244 g/mol. The zero-order chi connectivity index (χ0) is 13.8. The van der Waals surface area contributed by atoms with Gasteiger partial charge in [-0.15, -0.1) is 0 Å². The van der Waals surface area contributed by atoms with Gasteiger partial charge in [-0.3, -0.25) is 15.0 Å². The second kappa shape index (κ2) is 6.12. The van der Waals surface area contributed by atoms with E-state index in [1.165, 1.54) is 6.07 Å². The minimum absolute atomic E-state index is 0.140. The van der Waals surface area contributed by atoms with Gasteiger partial charge >= 0.3 is 0 Å². The Bertz CT molecular complexity index is 448. The monoisotopic (exact) mass is 264 g/mol. The number of benzene rings is 1. The molecule has 5 heteroatoms. The fourth-order valence-electron chi connectivity index (χ4n) is 2.66. The van der Waals surface area contributed by atoms with E-state index in [1.54, 1.807) is 12.1 Å². The van der Waals surface area contributed by atoms with Crippen LogP contribution in [0.25, 0.3) is 0 Å². The number of aliphatic hydroxyl groups excluding tert-OH is 1. The summed E-state index contributed by atoms with van der Waals surface area (Å²) in [5, 5.41) is 20.4. The lowest BCUT2D eigenvalue weighted by molar-refractivity contribution is -0.384. The molecule has 19 heavy (non-hydrogen) atoms. The Morgan fingerprint density at radius 1 is 1.58 bits per heavy atom. The summed E-state index contributed by atoms with van der Waals surface area (Å²) in [6.45, 7) is 4.40. The Morgan fingerprint density at radius 2 is 2.37 bits per heavy atom. The minimum atomic E-state index is -0.363. The Morgan fingerprint density at radius 3 is 3.05 bits per heavy atom. The van der Waals surface area contributed by atoms with Crippen LogP contribution in [0.4, 0.5) is 5.69 Å². The Balaban J connectivity index is 2.00. The molecule has 0 unspecified atom stereocenters. The van der Waals surface area contributed by atoms with Crippen molar-refractivity contribution in [2.45, 2.75) is 32.4 Å². The molecule has 1 aromatic carbocycles. The first kappa shape index (κ1) is 14.0. The number of rotatable bonds is 4. The first-order valence-electron chi connectivity index (χ1n) is 6.70. The molecule has 1 fully saturated rings. The molecule has 1 heterocycles. The van der Waals surface area contributed by atoms with Gasteiger partial charge in [-0.1, -0.05) is 12.1 Å². The molecule has 0 radical (unpaired) electrons. The highest BCUT2D eigenvalue weighted by Gasteiger charge is 2.23. The average Bonchev–Trinajstić information content (AvgIpc) is 2.39. The van der Waals surface area contributed by atoms with Crippen LogP contribution in [-0.4, -0.2) is 34.1 Å². The van der Waals surface area contributed by atoms with Crippen LogP contribution in [0.1, 0.15) is 25.3 Å². The molecule has 1 aliphatic heterocycles. The molecule has 1 saturated heterocycles. The maximum absolute atomic E-state index is 10.7. The van der Waals surface area contributed by atoms with Crippen LogP contribution in [0, 0.1) is 16.0 Å². The molecule has 0 spiro atoms. The van der Waals surface area contributed by atoms with Crippen LogP contribution in [-0.2, 0) is 6.54 Å². The van der Waals surface area contributed by atoms with Gasteiger partial charge < -0.3 is 5.11 Å². The number of piperidine rings is 1. The summed E-state index contributed by atoms with van der Waals surface area (Å²) in [6.07, 6.45) is 1.85. The Kier molecular flexibility index (Phi) is 4.50. The third-order valence-electron chi connectivity index (χ3n) is 3.75. The molecule has 104 valence electrons.